The summed E-state index contributed by atoms with van der Waals surface area (Å²) in [4.78, 5) is 218. The number of rotatable bonds is 20. The number of amides is 3. The number of anilines is 5. The first-order chi connectivity index (χ1) is 66.1. The van der Waals surface area contributed by atoms with Crippen LogP contribution in [-0.4, -0.2) is 405 Å². The molecule has 0 fully saturated rings. The summed E-state index contributed by atoms with van der Waals surface area (Å²) in [6, 6.07) is -8.06. The molecule has 5 aromatic heterocycles. The predicted octanol–water partition coefficient (Wildman–Crippen LogP) is 5.02. The van der Waals surface area contributed by atoms with Gasteiger partial charge in [-0.2, -0.15) is 0 Å². The first kappa shape index (κ1) is 122. The molecule has 5 aromatic rings. The van der Waals surface area contributed by atoms with E-state index >= 15 is 0 Å². The molecule has 52 nitrogen and oxygen atoms in total. The van der Waals surface area contributed by atoms with E-state index < -0.39 is 109 Å². The summed E-state index contributed by atoms with van der Waals surface area (Å²) in [7, 11) is 16.4. The number of esters is 3. The fourth-order valence-electron chi connectivity index (χ4n) is 18.6. The van der Waals surface area contributed by atoms with Gasteiger partial charge >= 0.3 is 42.2 Å². The molecule has 0 bridgehead atoms. The number of fused-ring (bicyclic) bond motifs is 10. The van der Waals surface area contributed by atoms with Crippen LogP contribution in [0.25, 0.3) is 0 Å². The molecule has 0 spiro atoms. The van der Waals surface area contributed by atoms with Crippen molar-refractivity contribution in [3.05, 3.63) is 57.4 Å². The summed E-state index contributed by atoms with van der Waals surface area (Å²) in [6.07, 6.45) is 2.71. The molecule has 15 rings (SSSR count). The molecule has 147 heavy (non-hydrogen) atoms. The van der Waals surface area contributed by atoms with Crippen LogP contribution in [0.4, 0.5) is 44.1 Å². The third-order valence-electron chi connectivity index (χ3n) is 26.1. The Morgan fingerprint density at radius 3 is 0.952 bits per heavy atom. The number of carbonyl (C=O) groups is 12. The Hall–Kier alpha value is -13.8. The van der Waals surface area contributed by atoms with Gasteiger partial charge in [0.25, 0.3) is 29.5 Å². The third kappa shape index (κ3) is 23.6. The van der Waals surface area contributed by atoms with Crippen LogP contribution in [0.15, 0.2) is 31.2 Å². The molecule has 17 unspecified atom stereocenters. The van der Waals surface area contributed by atoms with Gasteiger partial charge in [0.05, 0.1) is 138 Å². The average molecular weight is 2070 g/mol. The smallest absolute Gasteiger partial charge is 0.407 e. The molecule has 10 aliphatic heterocycles. The molecular formula is C95H155N29O23. The summed E-state index contributed by atoms with van der Waals surface area (Å²) < 4.78 is 35.3. The van der Waals surface area contributed by atoms with E-state index in [0.717, 1.165) is 34.1 Å². The molecule has 0 aliphatic carbocycles. The number of ether oxygens (including phenoxy) is 6. The van der Waals surface area contributed by atoms with Gasteiger partial charge in [-0.25, -0.2) is 58.6 Å². The van der Waals surface area contributed by atoms with Crippen molar-refractivity contribution in [3.63, 3.8) is 0 Å². The number of aliphatic carboxylic acids is 1. The van der Waals surface area contributed by atoms with E-state index in [0.29, 0.717) is 81.7 Å². The van der Waals surface area contributed by atoms with Crippen LogP contribution in [0, 0.1) is 34.6 Å². The highest BCUT2D eigenvalue weighted by Gasteiger charge is 2.56. The Labute approximate surface area is 858 Å². The van der Waals surface area contributed by atoms with Crippen molar-refractivity contribution in [2.75, 3.05) is 102 Å². The number of carboxylic acids is 1. The molecule has 10 aliphatic rings. The number of aliphatic hydroxyl groups is 2. The Morgan fingerprint density at radius 1 is 0.381 bits per heavy atom. The summed E-state index contributed by atoms with van der Waals surface area (Å²) in [5.74, 6) is -2.06. The number of aryl methyl sites for hydroxylation is 5. The lowest BCUT2D eigenvalue weighted by Crippen LogP contribution is -2.61. The SMILES string of the molecule is C.C.C.C.C.COC(=O)NC(C(=O)OC)C(Cc1c(C)nc2n1C(=O)C1N=CN(C(C)(C)C)C1N2C)OO.COC(=O)NC(C(=O)OC)C(O)Cc1c(C)nc2n1C(=O)C1N=CN(C(C)(C)C)C1N2C.COC(=O)NC(CCc1c(C)nc2n1C(=O)C1N=CN(C(C)(C)C)C1N2C)C(=O)OC.Cc1cn2c(n1)N(C)C1C(N=CN1C(C)(C)C)C2=O.Cc1nc2n(c1CC(O)C(N)C(=O)O)C(=O)C1N=CN(C(C)(C)C)C1N2C. The Balaban J connectivity index is 0.000000281. The quantitative estimate of drug-likeness (QED) is 0.0219. The fraction of sp³-hybridized carbons (Fsp3) is 0.663. The molecule has 3 amide bonds. The van der Waals surface area contributed by atoms with E-state index in [1.54, 1.807) is 67.8 Å². The normalized spacial score (nSPS) is 21.7. The lowest BCUT2D eigenvalue weighted by Gasteiger charge is -2.44. The van der Waals surface area contributed by atoms with Crippen LogP contribution < -0.4 is 46.2 Å². The second-order valence-corrected chi connectivity index (χ2v) is 40.7. The van der Waals surface area contributed by atoms with Crippen molar-refractivity contribution in [3.8, 4) is 0 Å². The fourth-order valence-corrected chi connectivity index (χ4v) is 18.6. The Morgan fingerprint density at radius 2 is 0.653 bits per heavy atom. The lowest BCUT2D eigenvalue weighted by molar-refractivity contribution is -0.283. The Kier molecular flexibility index (Phi) is 38.6. The molecule has 52 heteroatoms. The maximum atomic E-state index is 13.5. The van der Waals surface area contributed by atoms with E-state index in [2.05, 4.69) is 141 Å². The molecule has 818 valence electrons. The van der Waals surface area contributed by atoms with Gasteiger partial charge in [0, 0.05) is 88.4 Å². The number of nitrogens with two attached hydrogens (primary N) is 1. The molecule has 15 heterocycles. The summed E-state index contributed by atoms with van der Waals surface area (Å²) >= 11 is 0. The van der Waals surface area contributed by atoms with E-state index in [-0.39, 0.29) is 157 Å². The van der Waals surface area contributed by atoms with Crippen LogP contribution in [0.5, 0.6) is 0 Å². The van der Waals surface area contributed by atoms with Gasteiger partial charge in [0.15, 0.2) is 42.3 Å². The number of carbonyl (C=O) groups excluding carboxylic acids is 11. The highest BCUT2D eigenvalue weighted by atomic mass is 17.1. The minimum Gasteiger partial charge on any atom is -0.480 e. The average Bonchev–Trinajstić information content (AvgIpc) is 1.58. The topological polar surface area (TPSA) is 596 Å². The zero-order chi connectivity index (χ0) is 106. The number of methoxy groups -OCH3 is 6. The number of hydrogen-bond donors (Lipinski definition) is 8. The second-order valence-electron chi connectivity index (χ2n) is 40.7. The van der Waals surface area contributed by atoms with E-state index in [4.69, 9.17) is 20.3 Å². The van der Waals surface area contributed by atoms with Crippen molar-refractivity contribution in [1.82, 2.24) is 88.2 Å². The van der Waals surface area contributed by atoms with Crippen LogP contribution >= 0.6 is 0 Å². The summed E-state index contributed by atoms with van der Waals surface area (Å²) in [6.45, 7) is 39.8. The maximum absolute atomic E-state index is 13.5. The van der Waals surface area contributed by atoms with Crippen LogP contribution in [0.1, 0.15) is 223 Å². The van der Waals surface area contributed by atoms with Crippen molar-refractivity contribution in [1.29, 1.82) is 0 Å². The van der Waals surface area contributed by atoms with Crippen molar-refractivity contribution in [2.24, 2.45) is 30.7 Å². The standard InChI is InChI=1S/C20H30N6O7.C20H30N6O6.C20H30N6O5.C17H26N6O4.C13H19N5O.5CH4/c1-10-11(8-12(33-30)13(17(28)31-6)23-19(29)32-7)26-16(27)14-15(24(5)18(26)22-10)25(9-21-14)20(2,3)4;1-10-11(8-12(27)13(17(29)31-6)23-19(30)32-7)26-16(28)14-15(24(5)18(26)22-10)25(9-21-14)20(2,3)4;1-11-13(9-8-12(17(28)30-6)23-19(29)31-7)26-16(27)14-15(24(5)18(26)22-11)25(10-21-14)20(2,3)4;1-8-9(6-10(24)11(18)15(26)27)23-14(25)12-13(21(5)16(23)20-8)22(7-19-12)17(2,3)4;1-8-6-17-11(19)9-10(16(5)12(17)15-8)18(7-14-9)13(2,3)4;;;;;/h9,12-15,30H,8H2,1-7H3,(H,23,29);9,12-15,27H,8H2,1-7H3,(H,23,30);10,12,14-15H,8-9H2,1-7H3,(H,23,29);7,10-13,24H,6,18H2,1-5H3,(H,26,27);6-7,9-10H,1-5H3;5*1H4. The highest BCUT2D eigenvalue weighted by Crippen LogP contribution is 2.42. The monoisotopic (exact) mass is 2070 g/mol. The number of aliphatic hydroxyl groups excluding tert-OH is 2. The molecule has 0 saturated heterocycles. The van der Waals surface area contributed by atoms with Gasteiger partial charge in [-0.3, -0.25) is 81.8 Å². The minimum atomic E-state index is -1.44. The van der Waals surface area contributed by atoms with Crippen LogP contribution in [-0.2, 0) is 78.2 Å². The molecule has 9 N–H and O–H groups in total. The van der Waals surface area contributed by atoms with E-state index in [1.165, 1.54) is 27.9 Å². The number of likely N-dealkylation sites (N-methyl/N-ethyl adjacent to an activating group) is 5. The van der Waals surface area contributed by atoms with Crippen LogP contribution in [0.3, 0.4) is 0 Å². The number of aliphatic imine (C=N–C) groups is 5. The number of carboxylic acid groups (broad SMARTS) is 1. The first-order valence-corrected chi connectivity index (χ1v) is 45.9. The minimum absolute atomic E-state index is 0. The van der Waals surface area contributed by atoms with Gasteiger partial charge in [0.2, 0.25) is 29.7 Å². The van der Waals surface area contributed by atoms with Gasteiger partial charge < -0.3 is 114 Å². The van der Waals surface area contributed by atoms with Gasteiger partial charge in [-0.1, -0.05) is 37.1 Å². The number of nitrogens with one attached hydrogen (secondary N) is 3. The molecule has 0 saturated carbocycles. The zero-order valence-corrected chi connectivity index (χ0v) is 86.1. The number of imidazole rings is 5. The number of aromatic nitrogens is 10. The van der Waals surface area contributed by atoms with Gasteiger partial charge in [0.1, 0.15) is 49.0 Å². The van der Waals surface area contributed by atoms with Gasteiger partial charge in [-0.05, 0) is 151 Å². The van der Waals surface area contributed by atoms with Gasteiger partial charge in [-0.15, -0.1) is 0 Å². The Bertz CT molecular complexity index is 5820. The first-order valence-electron chi connectivity index (χ1n) is 45.9. The van der Waals surface area contributed by atoms with Crippen molar-refractivity contribution >= 4 is 133 Å². The van der Waals surface area contributed by atoms with Crippen molar-refractivity contribution < 1.29 is 111 Å². The second kappa shape index (κ2) is 46.5. The molecular weight excluding hydrogens is 1920 g/mol. The number of alkyl carbamates (subject to hydrolysis) is 3. The van der Waals surface area contributed by atoms with E-state index in [1.807, 2.05) is 151 Å². The molecule has 0 aromatic carbocycles. The largest absolute Gasteiger partial charge is 0.480 e. The van der Waals surface area contributed by atoms with Crippen LogP contribution in [0.2, 0.25) is 0 Å². The molecule has 0 radical (unpaired) electrons. The summed E-state index contributed by atoms with van der Waals surface area (Å²) in [5, 5.41) is 46.5. The maximum Gasteiger partial charge on any atom is 0.407 e. The van der Waals surface area contributed by atoms with Crippen molar-refractivity contribution in [2.45, 2.75) is 339 Å². The molecule has 17 atom stereocenters. The summed E-state index contributed by atoms with van der Waals surface area (Å²) in [5.41, 5.74) is 9.53. The third-order valence-corrected chi connectivity index (χ3v) is 26.1. The predicted molar refractivity (Wildman–Crippen MR) is 551 cm³/mol. The number of hydrogen-bond acceptors (Lipinski definition) is 43. The zero-order valence-electron chi connectivity index (χ0n) is 86.1. The number of nitrogens with zero attached hydrogens (tertiary/aromatic N) is 25. The lowest BCUT2D eigenvalue weighted by atomic mass is 10.0. The highest BCUT2D eigenvalue weighted by molar-refractivity contribution is 5.98. The van der Waals surface area contributed by atoms with E-state index in [9.17, 15) is 73.0 Å².